The van der Waals surface area contributed by atoms with E-state index in [1.165, 1.54) is 24.0 Å². The van der Waals surface area contributed by atoms with Crippen LogP contribution < -0.4 is 4.74 Å². The predicted molar refractivity (Wildman–Crippen MR) is 85.4 cm³/mol. The highest BCUT2D eigenvalue weighted by atomic mass is 16.5. The molecule has 1 saturated heterocycles. The number of fused-ring (bicyclic) bond motifs is 1. The van der Waals surface area contributed by atoms with Crippen molar-refractivity contribution in [2.75, 3.05) is 19.7 Å². The second-order valence-electron chi connectivity index (χ2n) is 6.65. The van der Waals surface area contributed by atoms with Crippen molar-refractivity contribution < 1.29 is 19.4 Å². The third-order valence-corrected chi connectivity index (χ3v) is 4.96. The molecule has 1 aromatic rings. The molecular formula is C18H23NO4. The van der Waals surface area contributed by atoms with Crippen LogP contribution in [-0.2, 0) is 22.4 Å². The molecule has 23 heavy (non-hydrogen) atoms. The summed E-state index contributed by atoms with van der Waals surface area (Å²) < 4.78 is 5.64. The van der Waals surface area contributed by atoms with E-state index in [2.05, 4.69) is 6.07 Å². The minimum atomic E-state index is -0.830. The van der Waals surface area contributed by atoms with E-state index in [9.17, 15) is 9.59 Å². The molecule has 124 valence electrons. The molecule has 5 heteroatoms. The van der Waals surface area contributed by atoms with Crippen LogP contribution in [-0.4, -0.2) is 41.6 Å². The average molecular weight is 317 g/mol. The van der Waals surface area contributed by atoms with Crippen LogP contribution in [0.2, 0.25) is 0 Å². The fourth-order valence-corrected chi connectivity index (χ4v) is 3.53. The summed E-state index contributed by atoms with van der Waals surface area (Å²) in [5.41, 5.74) is 2.70. The number of carboxylic acid groups (broad SMARTS) is 1. The van der Waals surface area contributed by atoms with Gasteiger partial charge in [-0.15, -0.1) is 0 Å². The lowest BCUT2D eigenvalue weighted by molar-refractivity contribution is -0.142. The topological polar surface area (TPSA) is 66.8 Å². The van der Waals surface area contributed by atoms with Crippen LogP contribution in [0.3, 0.4) is 0 Å². The standard InChI is InChI=1S/C18H23NO4/c1-12-9-19(10-16(12)18(21)22)17(20)11-23-15-7-6-13-4-2-3-5-14(13)8-15/h6-8,12,16H,2-5,9-11H2,1H3,(H,21,22)/t12-,16-/m1/s1. The van der Waals surface area contributed by atoms with Gasteiger partial charge in [0.1, 0.15) is 5.75 Å². The first-order valence-electron chi connectivity index (χ1n) is 8.30. The Labute approximate surface area is 136 Å². The highest BCUT2D eigenvalue weighted by Crippen LogP contribution is 2.26. The van der Waals surface area contributed by atoms with E-state index in [1.807, 2.05) is 19.1 Å². The largest absolute Gasteiger partial charge is 0.484 e. The molecule has 5 nitrogen and oxygen atoms in total. The number of aliphatic carboxylic acids is 1. The van der Waals surface area contributed by atoms with Gasteiger partial charge in [0.2, 0.25) is 0 Å². The molecule has 0 spiro atoms. The van der Waals surface area contributed by atoms with Gasteiger partial charge in [-0.1, -0.05) is 13.0 Å². The Morgan fingerprint density at radius 2 is 1.96 bits per heavy atom. The van der Waals surface area contributed by atoms with E-state index >= 15 is 0 Å². The summed E-state index contributed by atoms with van der Waals surface area (Å²) in [6, 6.07) is 6.05. The number of likely N-dealkylation sites (tertiary alicyclic amines) is 1. The Bertz CT molecular complexity index is 613. The summed E-state index contributed by atoms with van der Waals surface area (Å²) in [5, 5.41) is 9.13. The van der Waals surface area contributed by atoms with Crippen molar-refractivity contribution in [2.45, 2.75) is 32.6 Å². The fraction of sp³-hybridized carbons (Fsp3) is 0.556. The number of carbonyl (C=O) groups is 2. The second-order valence-corrected chi connectivity index (χ2v) is 6.65. The Hall–Kier alpha value is -2.04. The van der Waals surface area contributed by atoms with Crippen LogP contribution >= 0.6 is 0 Å². The molecule has 1 fully saturated rings. The molecule has 2 atom stereocenters. The van der Waals surface area contributed by atoms with Crippen LogP contribution in [0.15, 0.2) is 18.2 Å². The van der Waals surface area contributed by atoms with Crippen LogP contribution in [0.4, 0.5) is 0 Å². The van der Waals surface area contributed by atoms with Gasteiger partial charge in [-0.05, 0) is 54.9 Å². The van der Waals surface area contributed by atoms with Crippen LogP contribution in [0.25, 0.3) is 0 Å². The fourth-order valence-electron chi connectivity index (χ4n) is 3.53. The number of hydrogen-bond donors (Lipinski definition) is 1. The third kappa shape index (κ3) is 3.49. The number of benzene rings is 1. The first kappa shape index (κ1) is 15.8. The molecule has 1 amide bonds. The van der Waals surface area contributed by atoms with E-state index in [-0.39, 0.29) is 25.0 Å². The van der Waals surface area contributed by atoms with Gasteiger partial charge in [0.05, 0.1) is 5.92 Å². The number of aryl methyl sites for hydroxylation is 2. The van der Waals surface area contributed by atoms with Gasteiger partial charge in [0, 0.05) is 13.1 Å². The lowest BCUT2D eigenvalue weighted by Crippen LogP contribution is -2.33. The first-order valence-corrected chi connectivity index (χ1v) is 8.30. The zero-order chi connectivity index (χ0) is 16.4. The monoisotopic (exact) mass is 317 g/mol. The van der Waals surface area contributed by atoms with Crippen molar-refractivity contribution in [1.82, 2.24) is 4.90 Å². The predicted octanol–water partition coefficient (Wildman–Crippen LogP) is 2.12. The third-order valence-electron chi connectivity index (χ3n) is 4.96. The lowest BCUT2D eigenvalue weighted by atomic mass is 9.92. The summed E-state index contributed by atoms with van der Waals surface area (Å²) in [4.78, 5) is 25.0. The van der Waals surface area contributed by atoms with Crippen molar-refractivity contribution in [3.05, 3.63) is 29.3 Å². The maximum Gasteiger partial charge on any atom is 0.308 e. The summed E-state index contributed by atoms with van der Waals surface area (Å²) in [6.45, 7) is 2.61. The summed E-state index contributed by atoms with van der Waals surface area (Å²) in [5.74, 6) is -0.731. The molecule has 2 aliphatic rings. The zero-order valence-corrected chi connectivity index (χ0v) is 13.5. The molecule has 1 aromatic carbocycles. The molecule has 0 bridgehead atoms. The number of hydrogen-bond acceptors (Lipinski definition) is 3. The highest BCUT2D eigenvalue weighted by molar-refractivity contribution is 5.80. The van der Waals surface area contributed by atoms with Crippen LogP contribution in [0.5, 0.6) is 5.75 Å². The Balaban J connectivity index is 1.56. The zero-order valence-electron chi connectivity index (χ0n) is 13.5. The van der Waals surface area contributed by atoms with Gasteiger partial charge in [-0.2, -0.15) is 0 Å². The van der Waals surface area contributed by atoms with E-state index in [0.717, 1.165) is 18.6 Å². The quantitative estimate of drug-likeness (QED) is 0.924. The van der Waals surface area contributed by atoms with Gasteiger partial charge in [-0.3, -0.25) is 9.59 Å². The normalized spacial score (nSPS) is 23.4. The molecule has 1 aliphatic carbocycles. The molecule has 0 unspecified atom stereocenters. The van der Waals surface area contributed by atoms with Gasteiger partial charge < -0.3 is 14.7 Å². The van der Waals surface area contributed by atoms with Gasteiger partial charge in [0.25, 0.3) is 5.91 Å². The van der Waals surface area contributed by atoms with Crippen molar-refractivity contribution in [3.63, 3.8) is 0 Å². The van der Waals surface area contributed by atoms with E-state index in [1.54, 1.807) is 4.90 Å². The Morgan fingerprint density at radius 1 is 1.22 bits per heavy atom. The minimum absolute atomic E-state index is 0.0137. The molecular weight excluding hydrogens is 294 g/mol. The first-order chi connectivity index (χ1) is 11.0. The maximum absolute atomic E-state index is 12.2. The highest BCUT2D eigenvalue weighted by Gasteiger charge is 2.36. The summed E-state index contributed by atoms with van der Waals surface area (Å²) in [7, 11) is 0. The molecule has 0 aromatic heterocycles. The maximum atomic E-state index is 12.2. The van der Waals surface area contributed by atoms with Crippen molar-refractivity contribution >= 4 is 11.9 Å². The number of amides is 1. The Kier molecular flexibility index (Phi) is 4.55. The minimum Gasteiger partial charge on any atom is -0.484 e. The van der Waals surface area contributed by atoms with E-state index < -0.39 is 11.9 Å². The number of carboxylic acids is 1. The molecule has 1 aliphatic heterocycles. The van der Waals surface area contributed by atoms with E-state index in [4.69, 9.17) is 9.84 Å². The van der Waals surface area contributed by atoms with Crippen molar-refractivity contribution in [3.8, 4) is 5.75 Å². The number of rotatable bonds is 4. The number of ether oxygens (including phenoxy) is 1. The van der Waals surface area contributed by atoms with Crippen molar-refractivity contribution in [2.24, 2.45) is 11.8 Å². The number of carbonyl (C=O) groups excluding carboxylic acids is 1. The number of nitrogens with zero attached hydrogens (tertiary/aromatic N) is 1. The van der Waals surface area contributed by atoms with Gasteiger partial charge >= 0.3 is 5.97 Å². The van der Waals surface area contributed by atoms with Gasteiger partial charge in [0.15, 0.2) is 6.61 Å². The Morgan fingerprint density at radius 3 is 2.65 bits per heavy atom. The lowest BCUT2D eigenvalue weighted by Gasteiger charge is -2.18. The van der Waals surface area contributed by atoms with Crippen molar-refractivity contribution in [1.29, 1.82) is 0 Å². The molecule has 1 heterocycles. The van der Waals surface area contributed by atoms with Gasteiger partial charge in [-0.25, -0.2) is 0 Å². The summed E-state index contributed by atoms with van der Waals surface area (Å²) in [6.07, 6.45) is 4.64. The average Bonchev–Trinajstić information content (AvgIpc) is 2.94. The van der Waals surface area contributed by atoms with Crippen LogP contribution in [0.1, 0.15) is 30.9 Å². The van der Waals surface area contributed by atoms with Crippen LogP contribution in [0, 0.1) is 11.8 Å². The second kappa shape index (κ2) is 6.60. The molecule has 0 saturated carbocycles. The molecule has 3 rings (SSSR count). The smallest absolute Gasteiger partial charge is 0.308 e. The summed E-state index contributed by atoms with van der Waals surface area (Å²) >= 11 is 0. The molecule has 1 N–H and O–H groups in total. The SMILES string of the molecule is C[C@@H]1CN(C(=O)COc2ccc3c(c2)CCCC3)C[C@H]1C(=O)O. The van der Waals surface area contributed by atoms with E-state index in [0.29, 0.717) is 6.54 Å². The molecule has 0 radical (unpaired) electrons.